The zero-order valence-corrected chi connectivity index (χ0v) is 11.4. The van der Waals surface area contributed by atoms with Crippen molar-refractivity contribution in [2.24, 2.45) is 0 Å². The SMILES string of the molecule is Cc1c(C(C)C)nc(N)c(C#N)c1-c1cnsc1. The van der Waals surface area contributed by atoms with Crippen LogP contribution in [-0.2, 0) is 0 Å². The number of hydrogen-bond donors (Lipinski definition) is 1. The lowest BCUT2D eigenvalue weighted by atomic mass is 9.93. The van der Waals surface area contributed by atoms with E-state index in [0.717, 1.165) is 22.4 Å². The van der Waals surface area contributed by atoms with E-state index in [2.05, 4.69) is 29.3 Å². The average molecular weight is 258 g/mol. The fourth-order valence-corrected chi connectivity index (χ4v) is 2.61. The van der Waals surface area contributed by atoms with Gasteiger partial charge >= 0.3 is 0 Å². The number of hydrogen-bond acceptors (Lipinski definition) is 5. The molecule has 2 heterocycles. The normalized spacial score (nSPS) is 10.6. The number of pyridine rings is 1. The molecule has 0 radical (unpaired) electrons. The largest absolute Gasteiger partial charge is 0.383 e. The molecule has 0 aliphatic heterocycles. The predicted octanol–water partition coefficient (Wildman–Crippen LogP) is 3.09. The molecule has 0 fully saturated rings. The van der Waals surface area contributed by atoms with Crippen molar-refractivity contribution >= 4 is 17.4 Å². The Morgan fingerprint density at radius 1 is 1.44 bits per heavy atom. The zero-order chi connectivity index (χ0) is 13.3. The summed E-state index contributed by atoms with van der Waals surface area (Å²) in [6.07, 6.45) is 1.76. The van der Waals surface area contributed by atoms with Crippen molar-refractivity contribution in [1.29, 1.82) is 5.26 Å². The maximum Gasteiger partial charge on any atom is 0.142 e. The van der Waals surface area contributed by atoms with Crippen LogP contribution in [0.25, 0.3) is 11.1 Å². The van der Waals surface area contributed by atoms with Crippen molar-refractivity contribution in [3.8, 4) is 17.2 Å². The molecular formula is C13H14N4S. The number of aromatic nitrogens is 2. The summed E-state index contributed by atoms with van der Waals surface area (Å²) in [6.45, 7) is 6.11. The number of nitrogen functional groups attached to an aromatic ring is 1. The number of nitrogens with zero attached hydrogens (tertiary/aromatic N) is 3. The van der Waals surface area contributed by atoms with E-state index >= 15 is 0 Å². The third-order valence-electron chi connectivity index (χ3n) is 2.89. The van der Waals surface area contributed by atoms with E-state index in [4.69, 9.17) is 5.73 Å². The van der Waals surface area contributed by atoms with Crippen molar-refractivity contribution in [3.63, 3.8) is 0 Å². The Morgan fingerprint density at radius 2 is 2.17 bits per heavy atom. The average Bonchev–Trinajstić information content (AvgIpc) is 2.84. The van der Waals surface area contributed by atoms with Crippen LogP contribution in [0.1, 0.15) is 36.6 Å². The second-order valence-electron chi connectivity index (χ2n) is 4.44. The fraction of sp³-hybridized carbons (Fsp3) is 0.308. The van der Waals surface area contributed by atoms with Crippen LogP contribution in [-0.4, -0.2) is 9.36 Å². The van der Waals surface area contributed by atoms with Gasteiger partial charge in [-0.3, -0.25) is 0 Å². The first-order valence-electron chi connectivity index (χ1n) is 5.66. The molecule has 0 unspecified atom stereocenters. The summed E-state index contributed by atoms with van der Waals surface area (Å²) in [7, 11) is 0. The first-order chi connectivity index (χ1) is 8.56. The van der Waals surface area contributed by atoms with Crippen molar-refractivity contribution in [2.45, 2.75) is 26.7 Å². The Hall–Kier alpha value is -1.93. The third kappa shape index (κ3) is 1.95. The van der Waals surface area contributed by atoms with Gasteiger partial charge in [0.25, 0.3) is 0 Å². The first-order valence-corrected chi connectivity index (χ1v) is 6.49. The quantitative estimate of drug-likeness (QED) is 0.898. The standard InChI is InChI=1S/C13H14N4S/c1-7(2)12-8(3)11(9-5-16-18-6-9)10(4-14)13(15)17-12/h5-7H,1-3H3,(H2,15,17). The van der Waals surface area contributed by atoms with Crippen LogP contribution < -0.4 is 5.73 Å². The lowest BCUT2D eigenvalue weighted by molar-refractivity contribution is 0.814. The molecule has 18 heavy (non-hydrogen) atoms. The zero-order valence-electron chi connectivity index (χ0n) is 10.6. The summed E-state index contributed by atoms with van der Waals surface area (Å²) in [5.74, 6) is 0.568. The molecule has 0 saturated carbocycles. The van der Waals surface area contributed by atoms with Crippen LogP contribution in [0.4, 0.5) is 5.82 Å². The van der Waals surface area contributed by atoms with Gasteiger partial charge in [-0.05, 0) is 29.9 Å². The van der Waals surface area contributed by atoms with Gasteiger partial charge < -0.3 is 5.73 Å². The van der Waals surface area contributed by atoms with E-state index in [-0.39, 0.29) is 5.92 Å². The van der Waals surface area contributed by atoms with Gasteiger partial charge in [-0.2, -0.15) is 5.26 Å². The molecule has 5 heteroatoms. The molecule has 0 amide bonds. The molecule has 0 aromatic carbocycles. The summed E-state index contributed by atoms with van der Waals surface area (Å²) < 4.78 is 4.09. The summed E-state index contributed by atoms with van der Waals surface area (Å²) in [5.41, 5.74) is 10.1. The summed E-state index contributed by atoms with van der Waals surface area (Å²) in [6, 6.07) is 2.15. The Kier molecular flexibility index (Phi) is 3.30. The van der Waals surface area contributed by atoms with Crippen LogP contribution >= 0.6 is 11.5 Å². The van der Waals surface area contributed by atoms with Gasteiger partial charge in [0, 0.05) is 28.4 Å². The minimum atomic E-state index is 0.269. The number of nitriles is 1. The number of nitrogens with two attached hydrogens (primary N) is 1. The molecular weight excluding hydrogens is 244 g/mol. The summed E-state index contributed by atoms with van der Waals surface area (Å²) in [5, 5.41) is 11.2. The molecule has 0 aliphatic rings. The maximum atomic E-state index is 9.27. The van der Waals surface area contributed by atoms with Crippen LogP contribution in [0.5, 0.6) is 0 Å². The van der Waals surface area contributed by atoms with Gasteiger partial charge in [-0.15, -0.1) is 0 Å². The molecule has 2 aromatic heterocycles. The molecule has 2 rings (SSSR count). The van der Waals surface area contributed by atoms with Crippen molar-refractivity contribution < 1.29 is 0 Å². The maximum absolute atomic E-state index is 9.27. The van der Waals surface area contributed by atoms with Crippen molar-refractivity contribution in [2.75, 3.05) is 5.73 Å². The molecule has 0 spiro atoms. The van der Waals surface area contributed by atoms with Crippen LogP contribution in [0.2, 0.25) is 0 Å². The third-order valence-corrected chi connectivity index (χ3v) is 3.47. The van der Waals surface area contributed by atoms with Crippen molar-refractivity contribution in [1.82, 2.24) is 9.36 Å². The Morgan fingerprint density at radius 3 is 2.67 bits per heavy atom. The fourth-order valence-electron chi connectivity index (χ4n) is 2.08. The van der Waals surface area contributed by atoms with E-state index < -0.39 is 0 Å². The lowest BCUT2D eigenvalue weighted by Crippen LogP contribution is -2.06. The molecule has 92 valence electrons. The first kappa shape index (κ1) is 12.5. The minimum Gasteiger partial charge on any atom is -0.383 e. The van der Waals surface area contributed by atoms with Crippen LogP contribution in [0, 0.1) is 18.3 Å². The highest BCUT2D eigenvalue weighted by molar-refractivity contribution is 7.03. The van der Waals surface area contributed by atoms with Gasteiger partial charge in [0.05, 0.1) is 0 Å². The minimum absolute atomic E-state index is 0.269. The topological polar surface area (TPSA) is 75.6 Å². The molecule has 0 aliphatic carbocycles. The van der Waals surface area contributed by atoms with Crippen LogP contribution in [0.3, 0.4) is 0 Å². The Bertz CT molecular complexity index is 609. The molecule has 0 saturated heterocycles. The highest BCUT2D eigenvalue weighted by Crippen LogP contribution is 2.34. The predicted molar refractivity (Wildman–Crippen MR) is 73.3 cm³/mol. The van der Waals surface area contributed by atoms with Gasteiger partial charge in [-0.1, -0.05) is 13.8 Å². The smallest absolute Gasteiger partial charge is 0.142 e. The van der Waals surface area contributed by atoms with Gasteiger partial charge in [0.1, 0.15) is 17.5 Å². The van der Waals surface area contributed by atoms with Crippen LogP contribution in [0.15, 0.2) is 11.6 Å². The highest BCUT2D eigenvalue weighted by atomic mass is 32.1. The Balaban J connectivity index is 2.81. The van der Waals surface area contributed by atoms with Gasteiger partial charge in [-0.25, -0.2) is 9.36 Å². The van der Waals surface area contributed by atoms with Crippen molar-refractivity contribution in [3.05, 3.63) is 28.4 Å². The second kappa shape index (κ2) is 4.75. The second-order valence-corrected chi connectivity index (χ2v) is 5.09. The van der Waals surface area contributed by atoms with E-state index in [1.54, 1.807) is 6.20 Å². The van der Waals surface area contributed by atoms with E-state index in [9.17, 15) is 5.26 Å². The van der Waals surface area contributed by atoms with E-state index in [1.807, 2.05) is 12.3 Å². The summed E-state index contributed by atoms with van der Waals surface area (Å²) in [4.78, 5) is 4.35. The molecule has 0 atom stereocenters. The monoisotopic (exact) mass is 258 g/mol. The highest BCUT2D eigenvalue weighted by Gasteiger charge is 2.19. The molecule has 2 aromatic rings. The van der Waals surface area contributed by atoms with Gasteiger partial charge in [0.15, 0.2) is 0 Å². The molecule has 0 bridgehead atoms. The Labute approximate surface area is 110 Å². The van der Waals surface area contributed by atoms with E-state index in [0.29, 0.717) is 11.4 Å². The lowest BCUT2D eigenvalue weighted by Gasteiger charge is -2.15. The summed E-state index contributed by atoms with van der Waals surface area (Å²) >= 11 is 1.36. The van der Waals surface area contributed by atoms with Gasteiger partial charge in [0.2, 0.25) is 0 Å². The molecule has 2 N–H and O–H groups in total. The number of anilines is 1. The van der Waals surface area contributed by atoms with E-state index in [1.165, 1.54) is 11.5 Å². The molecule has 4 nitrogen and oxygen atoms in total. The number of rotatable bonds is 2.